The number of hydrogen-bond donors (Lipinski definition) is 1. The van der Waals surface area contributed by atoms with E-state index in [-0.39, 0.29) is 5.91 Å². The largest absolute Gasteiger partial charge is 0.323 e. The summed E-state index contributed by atoms with van der Waals surface area (Å²) in [7, 11) is 0. The third-order valence-electron chi connectivity index (χ3n) is 3.61. The Hall–Kier alpha value is -1.17. The predicted octanol–water partition coefficient (Wildman–Crippen LogP) is 5.37. The SMILES string of the molecule is CCCN(CC(=O)Nc1c(Br)cc(C)cc1Br)Cc1ccccc1. The molecule has 0 heterocycles. The maximum Gasteiger partial charge on any atom is 0.238 e. The number of nitrogens with one attached hydrogen (secondary N) is 1. The van der Waals surface area contributed by atoms with Gasteiger partial charge in [-0.15, -0.1) is 0 Å². The summed E-state index contributed by atoms with van der Waals surface area (Å²) < 4.78 is 1.76. The molecule has 0 fully saturated rings. The van der Waals surface area contributed by atoms with E-state index in [9.17, 15) is 4.79 Å². The number of aryl methyl sites for hydroxylation is 1. The fourth-order valence-electron chi connectivity index (χ4n) is 2.57. The van der Waals surface area contributed by atoms with Crippen molar-refractivity contribution in [3.63, 3.8) is 0 Å². The standard InChI is InChI=1S/C19H22Br2N2O/c1-3-9-23(12-15-7-5-4-6-8-15)13-18(24)22-19-16(20)10-14(2)11-17(19)21/h4-8,10-11H,3,9,12-13H2,1-2H3,(H,22,24). The van der Waals surface area contributed by atoms with E-state index in [0.29, 0.717) is 6.54 Å². The van der Waals surface area contributed by atoms with Gasteiger partial charge < -0.3 is 5.32 Å². The summed E-state index contributed by atoms with van der Waals surface area (Å²) in [5.41, 5.74) is 3.13. The summed E-state index contributed by atoms with van der Waals surface area (Å²) in [6.45, 7) is 6.18. The molecule has 0 radical (unpaired) electrons. The summed E-state index contributed by atoms with van der Waals surface area (Å²) in [6.07, 6.45) is 1.01. The molecule has 2 rings (SSSR count). The molecule has 24 heavy (non-hydrogen) atoms. The predicted molar refractivity (Wildman–Crippen MR) is 107 cm³/mol. The third kappa shape index (κ3) is 5.72. The first-order valence-electron chi connectivity index (χ1n) is 8.01. The topological polar surface area (TPSA) is 32.3 Å². The van der Waals surface area contributed by atoms with Crippen molar-refractivity contribution in [3.05, 3.63) is 62.5 Å². The molecular weight excluding hydrogens is 432 g/mol. The van der Waals surface area contributed by atoms with Crippen molar-refractivity contribution in [1.29, 1.82) is 0 Å². The number of benzene rings is 2. The number of amides is 1. The Kier molecular flexibility index (Phi) is 7.46. The van der Waals surface area contributed by atoms with Gasteiger partial charge in [0, 0.05) is 15.5 Å². The Morgan fingerprint density at radius 3 is 2.33 bits per heavy atom. The molecule has 1 amide bonds. The van der Waals surface area contributed by atoms with Crippen molar-refractivity contribution >= 4 is 43.5 Å². The Labute approximate surface area is 160 Å². The van der Waals surface area contributed by atoms with Crippen molar-refractivity contribution in [2.75, 3.05) is 18.4 Å². The Bertz CT molecular complexity index is 666. The van der Waals surface area contributed by atoms with E-state index in [1.54, 1.807) is 0 Å². The monoisotopic (exact) mass is 452 g/mol. The van der Waals surface area contributed by atoms with Gasteiger partial charge >= 0.3 is 0 Å². The van der Waals surface area contributed by atoms with Gasteiger partial charge in [0.15, 0.2) is 0 Å². The molecule has 0 atom stereocenters. The fourth-order valence-corrected chi connectivity index (χ4v) is 4.19. The second kappa shape index (κ2) is 9.35. The zero-order chi connectivity index (χ0) is 17.5. The highest BCUT2D eigenvalue weighted by Gasteiger charge is 2.14. The lowest BCUT2D eigenvalue weighted by molar-refractivity contribution is -0.117. The van der Waals surface area contributed by atoms with Crippen LogP contribution in [-0.2, 0) is 11.3 Å². The number of carbonyl (C=O) groups is 1. The number of halogens is 2. The second-order valence-corrected chi connectivity index (χ2v) is 7.56. The van der Waals surface area contributed by atoms with Gasteiger partial charge in [-0.2, -0.15) is 0 Å². The minimum atomic E-state index is -0.00960. The van der Waals surface area contributed by atoms with Crippen LogP contribution in [0.1, 0.15) is 24.5 Å². The van der Waals surface area contributed by atoms with Crippen LogP contribution in [0, 0.1) is 6.92 Å². The molecule has 3 nitrogen and oxygen atoms in total. The van der Waals surface area contributed by atoms with Crippen LogP contribution in [0.3, 0.4) is 0 Å². The molecule has 0 unspecified atom stereocenters. The van der Waals surface area contributed by atoms with Gasteiger partial charge in [0.25, 0.3) is 0 Å². The highest BCUT2D eigenvalue weighted by molar-refractivity contribution is 9.11. The molecule has 1 N–H and O–H groups in total. The maximum atomic E-state index is 12.5. The Morgan fingerprint density at radius 2 is 1.75 bits per heavy atom. The van der Waals surface area contributed by atoms with Gasteiger partial charge in [0.2, 0.25) is 5.91 Å². The van der Waals surface area contributed by atoms with Crippen LogP contribution < -0.4 is 5.32 Å². The van der Waals surface area contributed by atoms with E-state index in [4.69, 9.17) is 0 Å². The van der Waals surface area contributed by atoms with Crippen LogP contribution >= 0.6 is 31.9 Å². The van der Waals surface area contributed by atoms with Gasteiger partial charge in [-0.25, -0.2) is 0 Å². The summed E-state index contributed by atoms with van der Waals surface area (Å²) in [6, 6.07) is 14.2. The van der Waals surface area contributed by atoms with Crippen molar-refractivity contribution < 1.29 is 4.79 Å². The molecule has 2 aromatic rings. The molecule has 0 saturated carbocycles. The number of nitrogens with zero attached hydrogens (tertiary/aromatic N) is 1. The van der Waals surface area contributed by atoms with Crippen LogP contribution in [0.2, 0.25) is 0 Å². The molecule has 5 heteroatoms. The number of hydrogen-bond acceptors (Lipinski definition) is 2. The van der Waals surface area contributed by atoms with Crippen molar-refractivity contribution in [3.8, 4) is 0 Å². The molecule has 2 aromatic carbocycles. The minimum absolute atomic E-state index is 0.00960. The van der Waals surface area contributed by atoms with E-state index < -0.39 is 0 Å². The molecule has 0 saturated heterocycles. The van der Waals surface area contributed by atoms with Gasteiger partial charge in [-0.1, -0.05) is 37.3 Å². The van der Waals surface area contributed by atoms with Crippen LogP contribution in [0.5, 0.6) is 0 Å². The van der Waals surface area contributed by atoms with Crippen LogP contribution in [-0.4, -0.2) is 23.9 Å². The summed E-state index contributed by atoms with van der Waals surface area (Å²) in [4.78, 5) is 14.7. The lowest BCUT2D eigenvalue weighted by Gasteiger charge is -2.21. The molecule has 0 spiro atoms. The average Bonchev–Trinajstić information content (AvgIpc) is 2.52. The van der Waals surface area contributed by atoms with E-state index in [1.165, 1.54) is 5.56 Å². The van der Waals surface area contributed by atoms with Gasteiger partial charge in [-0.3, -0.25) is 9.69 Å². The Morgan fingerprint density at radius 1 is 1.12 bits per heavy atom. The van der Waals surface area contributed by atoms with Gasteiger partial charge in [-0.05, 0) is 75.0 Å². The highest BCUT2D eigenvalue weighted by Crippen LogP contribution is 2.32. The normalized spacial score (nSPS) is 10.9. The summed E-state index contributed by atoms with van der Waals surface area (Å²) in [5.74, 6) is -0.00960. The quantitative estimate of drug-likeness (QED) is 0.611. The van der Waals surface area contributed by atoms with E-state index in [1.807, 2.05) is 37.3 Å². The lowest BCUT2D eigenvalue weighted by Crippen LogP contribution is -2.33. The molecule has 0 aliphatic carbocycles. The summed E-state index contributed by atoms with van der Waals surface area (Å²) in [5, 5.41) is 3.01. The first-order valence-corrected chi connectivity index (χ1v) is 9.60. The fraction of sp³-hybridized carbons (Fsp3) is 0.316. The minimum Gasteiger partial charge on any atom is -0.323 e. The molecular formula is C19H22Br2N2O. The smallest absolute Gasteiger partial charge is 0.238 e. The zero-order valence-electron chi connectivity index (χ0n) is 14.0. The highest BCUT2D eigenvalue weighted by atomic mass is 79.9. The molecule has 0 aliphatic rings. The molecule has 128 valence electrons. The zero-order valence-corrected chi connectivity index (χ0v) is 17.2. The summed E-state index contributed by atoms with van der Waals surface area (Å²) >= 11 is 7.04. The first kappa shape index (κ1) is 19.2. The van der Waals surface area contributed by atoms with Gasteiger partial charge in [0.1, 0.15) is 0 Å². The third-order valence-corrected chi connectivity index (χ3v) is 4.86. The maximum absolute atomic E-state index is 12.5. The average molecular weight is 454 g/mol. The van der Waals surface area contributed by atoms with E-state index in [2.05, 4.69) is 61.1 Å². The van der Waals surface area contributed by atoms with Crippen LogP contribution in [0.15, 0.2) is 51.4 Å². The van der Waals surface area contributed by atoms with E-state index >= 15 is 0 Å². The van der Waals surface area contributed by atoms with Crippen molar-refractivity contribution in [1.82, 2.24) is 4.90 Å². The molecule has 0 aromatic heterocycles. The second-order valence-electron chi connectivity index (χ2n) is 5.85. The number of rotatable bonds is 7. The van der Waals surface area contributed by atoms with Crippen LogP contribution in [0.4, 0.5) is 5.69 Å². The first-order chi connectivity index (χ1) is 11.5. The number of anilines is 1. The number of carbonyl (C=O) groups excluding carboxylic acids is 1. The van der Waals surface area contributed by atoms with E-state index in [0.717, 1.165) is 39.7 Å². The molecule has 0 bridgehead atoms. The van der Waals surface area contributed by atoms with Crippen molar-refractivity contribution in [2.45, 2.75) is 26.8 Å². The Balaban J connectivity index is 2.03. The van der Waals surface area contributed by atoms with Crippen molar-refractivity contribution in [2.24, 2.45) is 0 Å². The lowest BCUT2D eigenvalue weighted by atomic mass is 10.2. The molecule has 0 aliphatic heterocycles. The van der Waals surface area contributed by atoms with Crippen LogP contribution in [0.25, 0.3) is 0 Å². The van der Waals surface area contributed by atoms with Gasteiger partial charge in [0.05, 0.1) is 12.2 Å².